The Kier molecular flexibility index (Phi) is 4.95. The van der Waals surface area contributed by atoms with Crippen molar-refractivity contribution in [3.63, 3.8) is 0 Å². The van der Waals surface area contributed by atoms with Gasteiger partial charge in [0.05, 0.1) is 6.20 Å². The molecule has 1 atom stereocenters. The fourth-order valence-corrected chi connectivity index (χ4v) is 4.69. The smallest absolute Gasteiger partial charge is 0.138 e. The van der Waals surface area contributed by atoms with Crippen LogP contribution in [0.2, 0.25) is 0 Å². The lowest BCUT2D eigenvalue weighted by Gasteiger charge is -2.37. The van der Waals surface area contributed by atoms with Crippen LogP contribution >= 0.6 is 0 Å². The monoisotopic (exact) mass is 386 g/mol. The minimum Gasteiger partial charge on any atom is -0.318 e. The average molecular weight is 387 g/mol. The highest BCUT2D eigenvalue weighted by atomic mass is 15.5. The molecule has 1 unspecified atom stereocenters. The van der Waals surface area contributed by atoms with Crippen LogP contribution in [-0.4, -0.2) is 9.78 Å². The number of para-hydroxylation sites is 1. The van der Waals surface area contributed by atoms with E-state index in [1.807, 2.05) is 17.9 Å². The topological polar surface area (TPSA) is 24.3 Å². The van der Waals surface area contributed by atoms with E-state index < -0.39 is 0 Å². The third-order valence-electron chi connectivity index (χ3n) is 5.90. The third-order valence-corrected chi connectivity index (χ3v) is 5.90. The number of hydrogen-bond acceptors (Lipinski definition) is 3. The van der Waals surface area contributed by atoms with E-state index >= 15 is 0 Å². The first-order chi connectivity index (χ1) is 13.9. The molecule has 0 bridgehead atoms. The Labute approximate surface area is 174 Å². The number of nitrogens with zero attached hydrogens (tertiary/aromatic N) is 4. The summed E-state index contributed by atoms with van der Waals surface area (Å²) in [6, 6.07) is 19.4. The highest BCUT2D eigenvalue weighted by molar-refractivity contribution is 5.68. The lowest BCUT2D eigenvalue weighted by Crippen LogP contribution is -2.35. The maximum atomic E-state index is 4.47. The van der Waals surface area contributed by atoms with Gasteiger partial charge in [-0.25, -0.2) is 0 Å². The molecule has 0 saturated heterocycles. The molecule has 0 aliphatic carbocycles. The second kappa shape index (κ2) is 7.43. The number of aromatic nitrogens is 2. The third kappa shape index (κ3) is 3.13. The van der Waals surface area contributed by atoms with Crippen LogP contribution in [0.5, 0.6) is 0 Å². The Morgan fingerprint density at radius 1 is 0.828 bits per heavy atom. The molecular weight excluding hydrogens is 356 g/mol. The van der Waals surface area contributed by atoms with Crippen molar-refractivity contribution in [3.8, 4) is 0 Å². The van der Waals surface area contributed by atoms with Crippen molar-refractivity contribution in [2.75, 3.05) is 9.80 Å². The van der Waals surface area contributed by atoms with Crippen LogP contribution in [0.4, 0.5) is 11.5 Å². The fraction of sp³-hybridized carbons (Fsp3) is 0.320. The number of allylic oxidation sites excluding steroid dienone is 2. The van der Waals surface area contributed by atoms with E-state index in [0.29, 0.717) is 5.92 Å². The van der Waals surface area contributed by atoms with Crippen molar-refractivity contribution in [3.05, 3.63) is 88.9 Å². The highest BCUT2D eigenvalue weighted by Crippen LogP contribution is 2.48. The Bertz CT molecular complexity index is 1030. The molecule has 3 aromatic rings. The molecule has 0 radical (unpaired) electrons. The number of aryl methyl sites for hydroxylation is 3. The van der Waals surface area contributed by atoms with Gasteiger partial charge in [0.1, 0.15) is 12.0 Å². The van der Waals surface area contributed by atoms with Crippen molar-refractivity contribution in [2.45, 2.75) is 40.8 Å². The summed E-state index contributed by atoms with van der Waals surface area (Å²) in [4.78, 5) is 4.97. The average Bonchev–Trinajstić information content (AvgIpc) is 3.23. The second-order valence-corrected chi connectivity index (χ2v) is 8.19. The predicted molar refractivity (Wildman–Crippen MR) is 121 cm³/mol. The first-order valence-electron chi connectivity index (χ1n) is 10.3. The zero-order valence-corrected chi connectivity index (χ0v) is 18.2. The van der Waals surface area contributed by atoms with Crippen LogP contribution in [0, 0.1) is 19.8 Å². The van der Waals surface area contributed by atoms with Crippen molar-refractivity contribution in [1.82, 2.24) is 9.78 Å². The maximum absolute atomic E-state index is 4.47. The Hall–Kier alpha value is -3.01. The second-order valence-electron chi connectivity index (χ2n) is 8.19. The van der Waals surface area contributed by atoms with Gasteiger partial charge in [0.25, 0.3) is 0 Å². The van der Waals surface area contributed by atoms with Gasteiger partial charge in [-0.3, -0.25) is 4.68 Å². The fourth-order valence-electron chi connectivity index (χ4n) is 4.69. The Morgan fingerprint density at radius 3 is 2.03 bits per heavy atom. The van der Waals surface area contributed by atoms with Gasteiger partial charge in [-0.05, 0) is 49.9 Å². The summed E-state index contributed by atoms with van der Waals surface area (Å²) in [5.41, 5.74) is 7.81. The van der Waals surface area contributed by atoms with Crippen LogP contribution in [-0.2, 0) is 7.05 Å². The minimum atomic E-state index is 0.0476. The summed E-state index contributed by atoms with van der Waals surface area (Å²) >= 11 is 0. The summed E-state index contributed by atoms with van der Waals surface area (Å²) in [6.45, 7) is 11.2. The van der Waals surface area contributed by atoms with Gasteiger partial charge in [0, 0.05) is 35.8 Å². The van der Waals surface area contributed by atoms with E-state index in [0.717, 1.165) is 5.82 Å². The molecule has 4 nitrogen and oxygen atoms in total. The van der Waals surface area contributed by atoms with Crippen molar-refractivity contribution >= 4 is 11.5 Å². The molecule has 1 aliphatic rings. The van der Waals surface area contributed by atoms with Crippen molar-refractivity contribution < 1.29 is 0 Å². The van der Waals surface area contributed by atoms with E-state index in [-0.39, 0.29) is 6.17 Å². The zero-order chi connectivity index (χ0) is 20.7. The molecule has 0 fully saturated rings. The predicted octanol–water partition coefficient (Wildman–Crippen LogP) is 5.95. The molecule has 150 valence electrons. The summed E-state index contributed by atoms with van der Waals surface area (Å²) in [6.07, 6.45) is 1.93. The van der Waals surface area contributed by atoms with E-state index in [1.54, 1.807) is 0 Å². The number of benzene rings is 2. The van der Waals surface area contributed by atoms with Gasteiger partial charge in [-0.1, -0.05) is 50.2 Å². The largest absolute Gasteiger partial charge is 0.318 e. The summed E-state index contributed by atoms with van der Waals surface area (Å²) < 4.78 is 1.97. The van der Waals surface area contributed by atoms with Crippen LogP contribution in [0.3, 0.4) is 0 Å². The lowest BCUT2D eigenvalue weighted by molar-refractivity contribution is 0.640. The van der Waals surface area contributed by atoms with Gasteiger partial charge >= 0.3 is 0 Å². The molecule has 0 N–H and O–H groups in total. The van der Waals surface area contributed by atoms with E-state index in [2.05, 4.69) is 104 Å². The molecule has 29 heavy (non-hydrogen) atoms. The Balaban J connectivity index is 2.02. The number of hydrogen-bond donors (Lipinski definition) is 0. The van der Waals surface area contributed by atoms with Gasteiger partial charge in [-0.2, -0.15) is 5.10 Å². The molecule has 2 aromatic carbocycles. The van der Waals surface area contributed by atoms with Gasteiger partial charge in [0.2, 0.25) is 0 Å². The summed E-state index contributed by atoms with van der Waals surface area (Å²) in [5, 5.41) is 4.47. The summed E-state index contributed by atoms with van der Waals surface area (Å²) in [7, 11) is 2.02. The molecule has 2 heterocycles. The van der Waals surface area contributed by atoms with Gasteiger partial charge < -0.3 is 9.80 Å². The molecule has 4 heteroatoms. The van der Waals surface area contributed by atoms with Crippen LogP contribution < -0.4 is 9.80 Å². The Morgan fingerprint density at radius 2 is 1.48 bits per heavy atom. The van der Waals surface area contributed by atoms with E-state index in [9.17, 15) is 0 Å². The quantitative estimate of drug-likeness (QED) is 0.554. The molecule has 1 aromatic heterocycles. The van der Waals surface area contributed by atoms with Crippen LogP contribution in [0.25, 0.3) is 0 Å². The standard InChI is InChI=1S/C25H30N4/c1-17(2)24-20(5)28(22-15-16-26-27(22)6)25(23-18(3)11-10-12-19(23)4)29(24)21-13-8-7-9-14-21/h7-17,25H,1-6H3. The summed E-state index contributed by atoms with van der Waals surface area (Å²) in [5.74, 6) is 1.49. The number of rotatable bonds is 4. The van der Waals surface area contributed by atoms with Gasteiger partial charge in [-0.15, -0.1) is 0 Å². The molecule has 0 amide bonds. The zero-order valence-electron chi connectivity index (χ0n) is 18.2. The van der Waals surface area contributed by atoms with Crippen molar-refractivity contribution in [1.29, 1.82) is 0 Å². The highest BCUT2D eigenvalue weighted by Gasteiger charge is 2.42. The molecule has 0 spiro atoms. The van der Waals surface area contributed by atoms with E-state index in [4.69, 9.17) is 0 Å². The molecule has 0 saturated carbocycles. The number of anilines is 2. The lowest BCUT2D eigenvalue weighted by atomic mass is 9.98. The maximum Gasteiger partial charge on any atom is 0.138 e. The van der Waals surface area contributed by atoms with E-state index in [1.165, 1.54) is 33.8 Å². The first-order valence-corrected chi connectivity index (χ1v) is 10.3. The normalized spacial score (nSPS) is 17.0. The van der Waals surface area contributed by atoms with Gasteiger partial charge in [0.15, 0.2) is 0 Å². The van der Waals surface area contributed by atoms with Crippen LogP contribution in [0.15, 0.2) is 72.2 Å². The molecule has 4 rings (SSSR count). The van der Waals surface area contributed by atoms with Crippen LogP contribution in [0.1, 0.15) is 43.6 Å². The SMILES string of the molecule is CC1=C(C(C)C)N(c2ccccc2)C(c2c(C)cccc2C)N1c1ccnn1C. The van der Waals surface area contributed by atoms with Crippen molar-refractivity contribution in [2.24, 2.45) is 13.0 Å². The molecular formula is C25H30N4. The molecule has 1 aliphatic heterocycles. The first kappa shape index (κ1) is 19.3. The minimum absolute atomic E-state index is 0.0476.